The van der Waals surface area contributed by atoms with E-state index < -0.39 is 17.6 Å². The minimum Gasteiger partial charge on any atom is -0.447 e. The van der Waals surface area contributed by atoms with Crippen LogP contribution in [0.4, 0.5) is 18.2 Å². The third-order valence-electron chi connectivity index (χ3n) is 3.56. The van der Waals surface area contributed by atoms with Crippen molar-refractivity contribution in [2.45, 2.75) is 6.18 Å². The Morgan fingerprint density at radius 2 is 2.04 bits per heavy atom. The van der Waals surface area contributed by atoms with Crippen molar-refractivity contribution >= 4 is 39.1 Å². The van der Waals surface area contributed by atoms with Crippen LogP contribution in [0.1, 0.15) is 16.1 Å². The Morgan fingerprint density at radius 1 is 1.30 bits per heavy atom. The maximum absolute atomic E-state index is 13.5. The fourth-order valence-electron chi connectivity index (χ4n) is 2.37. The van der Waals surface area contributed by atoms with Gasteiger partial charge in [-0.1, -0.05) is 11.3 Å². The molecule has 3 aromatic rings. The lowest BCUT2D eigenvalue weighted by molar-refractivity contribution is -0.136. The van der Waals surface area contributed by atoms with Gasteiger partial charge in [-0.3, -0.25) is 15.1 Å². The molecule has 0 aliphatic rings. The van der Waals surface area contributed by atoms with E-state index in [1.165, 1.54) is 13.1 Å². The quantitative estimate of drug-likeness (QED) is 0.400. The number of anilines is 1. The third kappa shape index (κ3) is 3.97. The molecular weight excluding hydrogens is 383 g/mol. The fraction of sp³-hybridized carbons (Fsp3) is 0.125. The van der Waals surface area contributed by atoms with Gasteiger partial charge in [0.2, 0.25) is 0 Å². The molecule has 6 N–H and O–H groups in total. The second-order valence-electron chi connectivity index (χ2n) is 5.43. The number of nitrogens with two attached hydrogens (primary N) is 2. The monoisotopic (exact) mass is 397 g/mol. The summed E-state index contributed by atoms with van der Waals surface area (Å²) in [6.07, 6.45) is -4.65. The molecule has 11 heteroatoms. The number of halogens is 3. The van der Waals surface area contributed by atoms with Crippen LogP contribution in [0, 0.1) is 0 Å². The van der Waals surface area contributed by atoms with Gasteiger partial charge in [0.25, 0.3) is 5.91 Å². The zero-order valence-corrected chi connectivity index (χ0v) is 14.7. The van der Waals surface area contributed by atoms with Gasteiger partial charge < -0.3 is 21.2 Å². The summed E-state index contributed by atoms with van der Waals surface area (Å²) < 4.78 is 45.9. The number of hydrogen-bond donors (Lipinski definition) is 4. The van der Waals surface area contributed by atoms with Crippen molar-refractivity contribution < 1.29 is 22.7 Å². The molecule has 3 rings (SSSR count). The molecule has 7 nitrogen and oxygen atoms in total. The molecular formula is C16H14F3N5O2S. The number of aromatic amines is 1. The highest BCUT2D eigenvalue weighted by Crippen LogP contribution is 2.40. The normalized spacial score (nSPS) is 12.4. The number of carbonyl (C=O) groups excluding carboxylic acids is 1. The van der Waals surface area contributed by atoms with Crippen LogP contribution in [0.25, 0.3) is 10.9 Å². The van der Waals surface area contributed by atoms with Crippen molar-refractivity contribution in [3.63, 3.8) is 0 Å². The van der Waals surface area contributed by atoms with Crippen molar-refractivity contribution in [1.29, 1.82) is 0 Å². The number of benzene rings is 1. The number of amides is 1. The summed E-state index contributed by atoms with van der Waals surface area (Å²) in [5, 5.41) is 2.90. The second-order valence-corrected chi connectivity index (χ2v) is 6.51. The Bertz CT molecular complexity index is 1040. The largest absolute Gasteiger partial charge is 0.447 e. The lowest BCUT2D eigenvalue weighted by atomic mass is 10.1. The van der Waals surface area contributed by atoms with E-state index >= 15 is 0 Å². The lowest BCUT2D eigenvalue weighted by Crippen LogP contribution is -2.36. The number of nitrogens with zero attached hydrogens (tertiary/aromatic N) is 1. The van der Waals surface area contributed by atoms with Crippen molar-refractivity contribution in [1.82, 2.24) is 10.3 Å². The number of aromatic nitrogens is 1. The van der Waals surface area contributed by atoms with Crippen molar-refractivity contribution in [3.05, 3.63) is 41.6 Å². The van der Waals surface area contributed by atoms with Gasteiger partial charge in [-0.15, -0.1) is 0 Å². The minimum atomic E-state index is -4.65. The minimum absolute atomic E-state index is 0.0416. The van der Waals surface area contributed by atoms with E-state index in [4.69, 9.17) is 16.2 Å². The maximum atomic E-state index is 13.5. The number of rotatable bonds is 3. The first-order valence-corrected chi connectivity index (χ1v) is 8.29. The lowest BCUT2D eigenvalue weighted by Gasteiger charge is -2.11. The van der Waals surface area contributed by atoms with Gasteiger partial charge in [0.1, 0.15) is 11.4 Å². The number of thiophene rings is 1. The Morgan fingerprint density at radius 3 is 2.63 bits per heavy atom. The molecule has 0 fully saturated rings. The smallest absolute Gasteiger partial charge is 0.417 e. The van der Waals surface area contributed by atoms with Gasteiger partial charge in [-0.05, 0) is 24.3 Å². The van der Waals surface area contributed by atoms with Gasteiger partial charge in [0.15, 0.2) is 11.0 Å². The molecule has 1 aromatic carbocycles. The highest BCUT2D eigenvalue weighted by atomic mass is 32.1. The van der Waals surface area contributed by atoms with Crippen LogP contribution < -0.4 is 21.5 Å². The van der Waals surface area contributed by atoms with E-state index in [9.17, 15) is 18.0 Å². The molecule has 0 saturated heterocycles. The summed E-state index contributed by atoms with van der Waals surface area (Å²) in [5.74, 6) is -0.912. The van der Waals surface area contributed by atoms with Crippen LogP contribution in [0.5, 0.6) is 10.8 Å². The molecule has 27 heavy (non-hydrogen) atoms. The SMILES string of the molecule is CN=C(N)NC(=O)c1cc2c(C(F)(F)F)cc(Oc3ccc(N)s3)cc2[nH]1. The number of H-pyrrole nitrogens is 1. The van der Waals surface area contributed by atoms with Crippen LogP contribution >= 0.6 is 11.3 Å². The number of guanidine groups is 1. The number of fused-ring (bicyclic) bond motifs is 1. The number of carbonyl (C=O) groups is 1. The fourth-order valence-corrected chi connectivity index (χ4v) is 3.01. The summed E-state index contributed by atoms with van der Waals surface area (Å²) >= 11 is 1.09. The molecule has 0 atom stereocenters. The van der Waals surface area contributed by atoms with Gasteiger partial charge in [0, 0.05) is 18.5 Å². The summed E-state index contributed by atoms with van der Waals surface area (Å²) in [6, 6.07) is 6.48. The number of ether oxygens (including phenoxy) is 1. The van der Waals surface area contributed by atoms with Crippen molar-refractivity contribution in [2.24, 2.45) is 10.7 Å². The van der Waals surface area contributed by atoms with Crippen molar-refractivity contribution in [3.8, 4) is 10.8 Å². The summed E-state index contributed by atoms with van der Waals surface area (Å²) in [5.41, 5.74) is 10.1. The average Bonchev–Trinajstić information content (AvgIpc) is 3.19. The van der Waals surface area contributed by atoms with Crippen LogP contribution in [-0.4, -0.2) is 23.9 Å². The van der Waals surface area contributed by atoms with E-state index in [0.717, 1.165) is 23.5 Å². The molecule has 0 unspecified atom stereocenters. The topological polar surface area (TPSA) is 119 Å². The Labute approximate surface area is 154 Å². The van der Waals surface area contributed by atoms with Gasteiger partial charge >= 0.3 is 6.18 Å². The Hall–Kier alpha value is -3.21. The number of nitrogens with one attached hydrogen (secondary N) is 2. The standard InChI is InChI=1S/C16H14F3N5O2S/c1-22-15(21)24-14(25)11-6-8-9(16(17,18)19)4-7(5-10(8)23-11)26-13-3-2-12(20)27-13/h2-6,23H,20H2,1H3,(H3,21,22,24,25). The zero-order chi connectivity index (χ0) is 19.8. The summed E-state index contributed by atoms with van der Waals surface area (Å²) in [7, 11) is 1.36. The predicted octanol–water partition coefficient (Wildman–Crippen LogP) is 3.30. The molecule has 142 valence electrons. The summed E-state index contributed by atoms with van der Waals surface area (Å²) in [6.45, 7) is 0. The van der Waals surface area contributed by atoms with Crippen molar-refractivity contribution in [2.75, 3.05) is 12.8 Å². The average molecular weight is 397 g/mol. The highest BCUT2D eigenvalue weighted by molar-refractivity contribution is 7.17. The first kappa shape index (κ1) is 18.6. The Kier molecular flexibility index (Phi) is 4.70. The molecule has 1 amide bonds. The molecule has 2 aromatic heterocycles. The van der Waals surface area contributed by atoms with Crippen LogP contribution in [-0.2, 0) is 6.18 Å². The number of hydrogen-bond acceptors (Lipinski definition) is 5. The molecule has 2 heterocycles. The number of nitrogen functional groups attached to an aromatic ring is 1. The van der Waals surface area contributed by atoms with Crippen LogP contribution in [0.3, 0.4) is 0 Å². The number of alkyl halides is 3. The second kappa shape index (κ2) is 6.83. The molecule has 0 saturated carbocycles. The zero-order valence-electron chi connectivity index (χ0n) is 13.8. The number of aliphatic imine (C=N–C) groups is 1. The van der Waals surface area contributed by atoms with E-state index in [1.807, 2.05) is 0 Å². The molecule has 0 aliphatic heterocycles. The molecule has 0 spiro atoms. The van der Waals surface area contributed by atoms with Crippen LogP contribution in [0.15, 0.2) is 35.3 Å². The van der Waals surface area contributed by atoms with Gasteiger partial charge in [-0.25, -0.2) is 0 Å². The van der Waals surface area contributed by atoms with Gasteiger partial charge in [0.05, 0.1) is 16.1 Å². The molecule has 0 aliphatic carbocycles. The third-order valence-corrected chi connectivity index (χ3v) is 4.36. The highest BCUT2D eigenvalue weighted by Gasteiger charge is 2.34. The predicted molar refractivity (Wildman–Crippen MR) is 97.1 cm³/mol. The first-order valence-electron chi connectivity index (χ1n) is 7.48. The van der Waals surface area contributed by atoms with E-state index in [-0.39, 0.29) is 28.3 Å². The van der Waals surface area contributed by atoms with E-state index in [0.29, 0.717) is 10.1 Å². The van der Waals surface area contributed by atoms with Gasteiger partial charge in [-0.2, -0.15) is 13.2 Å². The molecule has 0 radical (unpaired) electrons. The maximum Gasteiger partial charge on any atom is 0.417 e. The Balaban J connectivity index is 2.06. The first-order chi connectivity index (χ1) is 12.7. The summed E-state index contributed by atoms with van der Waals surface area (Å²) in [4.78, 5) is 18.3. The van der Waals surface area contributed by atoms with E-state index in [2.05, 4.69) is 15.3 Å². The van der Waals surface area contributed by atoms with E-state index in [1.54, 1.807) is 12.1 Å². The van der Waals surface area contributed by atoms with Crippen LogP contribution in [0.2, 0.25) is 0 Å². The molecule has 0 bridgehead atoms.